The van der Waals surface area contributed by atoms with Crippen molar-refractivity contribution in [1.82, 2.24) is 0 Å². The zero-order chi connectivity index (χ0) is 16.8. The smallest absolute Gasteiger partial charge is 0.173 e. The lowest BCUT2D eigenvalue weighted by Crippen LogP contribution is -2.03. The average molecular weight is 444 g/mol. The van der Waals surface area contributed by atoms with Crippen LogP contribution >= 0.6 is 31.9 Å². The van der Waals surface area contributed by atoms with Gasteiger partial charge in [-0.15, -0.1) is 0 Å². The molecule has 0 amide bonds. The largest absolute Gasteiger partial charge is 0.293 e. The third-order valence-corrected chi connectivity index (χ3v) is 5.53. The molecule has 0 bridgehead atoms. The maximum absolute atomic E-state index is 12.3. The number of carbonyl (C=O) groups excluding carboxylic acids is 2. The molecule has 0 aliphatic carbocycles. The molecule has 0 radical (unpaired) electrons. The van der Waals surface area contributed by atoms with E-state index in [2.05, 4.69) is 44.0 Å². The lowest BCUT2D eigenvalue weighted by Gasteiger charge is -2.15. The Labute approximate surface area is 155 Å². The third kappa shape index (κ3) is 2.20. The molecule has 0 spiro atoms. The van der Waals surface area contributed by atoms with E-state index in [1.54, 1.807) is 0 Å². The summed E-state index contributed by atoms with van der Waals surface area (Å²) in [5, 5.41) is 6.75. The molecule has 4 heteroatoms. The molecule has 0 aromatic heterocycles. The van der Waals surface area contributed by atoms with E-state index in [4.69, 9.17) is 0 Å². The average Bonchev–Trinajstić information content (AvgIpc) is 2.64. The van der Waals surface area contributed by atoms with Crippen molar-refractivity contribution >= 4 is 75.7 Å². The van der Waals surface area contributed by atoms with Crippen LogP contribution in [0.1, 0.15) is 20.7 Å². The third-order valence-electron chi connectivity index (χ3n) is 4.51. The van der Waals surface area contributed by atoms with Gasteiger partial charge in [0.15, 0.2) is 11.6 Å². The molecular formula is C20H12Br2O2. The Morgan fingerprint density at radius 1 is 0.625 bits per heavy atom. The van der Waals surface area contributed by atoms with Crippen molar-refractivity contribution < 1.29 is 9.59 Å². The van der Waals surface area contributed by atoms with Gasteiger partial charge in [-0.05, 0) is 32.3 Å². The molecule has 0 saturated carbocycles. The van der Waals surface area contributed by atoms with E-state index in [-0.39, 0.29) is 11.6 Å². The summed E-state index contributed by atoms with van der Waals surface area (Å²) in [7, 11) is 0. The van der Waals surface area contributed by atoms with E-state index in [1.807, 2.05) is 36.4 Å². The minimum atomic E-state index is 0.0599. The van der Waals surface area contributed by atoms with Gasteiger partial charge >= 0.3 is 0 Å². The Balaban J connectivity index is 2.21. The van der Waals surface area contributed by atoms with Crippen LogP contribution in [0.25, 0.3) is 32.3 Å². The molecule has 0 unspecified atom stereocenters. The predicted molar refractivity (Wildman–Crippen MR) is 106 cm³/mol. The summed E-state index contributed by atoms with van der Waals surface area (Å²) in [6.07, 6.45) is 0. The Hall–Kier alpha value is -1.78. The predicted octanol–water partition coefficient (Wildman–Crippen LogP) is 5.74. The number of rotatable bonds is 4. The number of halogens is 2. The van der Waals surface area contributed by atoms with Crippen molar-refractivity contribution in [2.75, 3.05) is 10.7 Å². The second kappa shape index (κ2) is 5.94. The molecule has 0 atom stereocenters. The van der Waals surface area contributed by atoms with Crippen LogP contribution in [0.3, 0.4) is 0 Å². The van der Waals surface area contributed by atoms with Gasteiger partial charge in [0.05, 0.1) is 10.7 Å². The van der Waals surface area contributed by atoms with Gasteiger partial charge in [0, 0.05) is 11.1 Å². The monoisotopic (exact) mass is 442 g/mol. The molecule has 118 valence electrons. The molecule has 0 fully saturated rings. The molecule has 4 rings (SSSR count). The zero-order valence-electron chi connectivity index (χ0n) is 12.6. The second-order valence-electron chi connectivity index (χ2n) is 5.76. The summed E-state index contributed by atoms with van der Waals surface area (Å²) < 4.78 is 0. The Morgan fingerprint density at radius 2 is 1.00 bits per heavy atom. The van der Waals surface area contributed by atoms with Gasteiger partial charge in [0.2, 0.25) is 0 Å². The van der Waals surface area contributed by atoms with Crippen molar-refractivity contribution in [3.63, 3.8) is 0 Å². The summed E-state index contributed by atoms with van der Waals surface area (Å²) in [5.41, 5.74) is 1.43. The van der Waals surface area contributed by atoms with Crippen LogP contribution in [0.2, 0.25) is 0 Å². The Morgan fingerprint density at radius 3 is 1.38 bits per heavy atom. The number of hydrogen-bond acceptors (Lipinski definition) is 2. The number of benzene rings is 4. The molecular weight excluding hydrogens is 432 g/mol. The van der Waals surface area contributed by atoms with Crippen molar-refractivity contribution in [1.29, 1.82) is 0 Å². The normalized spacial score (nSPS) is 11.6. The van der Waals surface area contributed by atoms with Crippen molar-refractivity contribution in [2.24, 2.45) is 0 Å². The molecule has 0 heterocycles. The number of Topliss-reactive ketones (excluding diaryl/α,β-unsaturated/α-hetero) is 2. The summed E-state index contributed by atoms with van der Waals surface area (Å²) >= 11 is 6.52. The fourth-order valence-electron chi connectivity index (χ4n) is 3.43. The highest BCUT2D eigenvalue weighted by Gasteiger charge is 2.17. The maximum Gasteiger partial charge on any atom is 0.173 e. The first kappa shape index (κ1) is 15.7. The number of alkyl halides is 2. The van der Waals surface area contributed by atoms with E-state index in [1.165, 1.54) is 0 Å². The van der Waals surface area contributed by atoms with Crippen LogP contribution in [0.15, 0.2) is 48.5 Å². The molecule has 0 aliphatic heterocycles. The topological polar surface area (TPSA) is 34.1 Å². The molecule has 24 heavy (non-hydrogen) atoms. The lowest BCUT2D eigenvalue weighted by atomic mass is 9.89. The van der Waals surface area contributed by atoms with Gasteiger partial charge in [-0.1, -0.05) is 80.4 Å². The minimum absolute atomic E-state index is 0.0599. The first-order valence-corrected chi connectivity index (χ1v) is 9.79. The van der Waals surface area contributed by atoms with Crippen LogP contribution in [0.5, 0.6) is 0 Å². The number of carbonyl (C=O) groups is 2. The minimum Gasteiger partial charge on any atom is -0.293 e. The molecule has 0 saturated heterocycles. The quantitative estimate of drug-likeness (QED) is 0.229. The van der Waals surface area contributed by atoms with Gasteiger partial charge in [0.25, 0.3) is 0 Å². The standard InChI is InChI=1S/C20H12Br2O2/c21-9-17(23)13-5-3-11-1-2-12-4-6-14(18(24)10-22)16-8-7-15(13)19(11)20(12)16/h1-8H,9-10H2. The highest BCUT2D eigenvalue weighted by atomic mass is 79.9. The van der Waals surface area contributed by atoms with Crippen LogP contribution in [-0.4, -0.2) is 22.2 Å². The molecule has 4 aromatic carbocycles. The SMILES string of the molecule is O=C(CBr)c1ccc2ccc3ccc(C(=O)CBr)c4ccc1c2c34. The molecule has 0 aliphatic rings. The van der Waals surface area contributed by atoms with Crippen LogP contribution in [0, 0.1) is 0 Å². The van der Waals surface area contributed by atoms with Crippen molar-refractivity contribution in [2.45, 2.75) is 0 Å². The Bertz CT molecular complexity index is 1030. The highest BCUT2D eigenvalue weighted by Crippen LogP contribution is 2.37. The van der Waals surface area contributed by atoms with E-state index < -0.39 is 0 Å². The highest BCUT2D eigenvalue weighted by molar-refractivity contribution is 9.09. The van der Waals surface area contributed by atoms with E-state index in [0.29, 0.717) is 21.8 Å². The van der Waals surface area contributed by atoms with Crippen molar-refractivity contribution in [3.8, 4) is 0 Å². The maximum atomic E-state index is 12.3. The number of ketones is 2. The first-order valence-electron chi connectivity index (χ1n) is 7.54. The molecule has 2 nitrogen and oxygen atoms in total. The fourth-order valence-corrected chi connectivity index (χ4v) is 4.04. The summed E-state index contributed by atoms with van der Waals surface area (Å²) in [4.78, 5) is 24.5. The number of hydrogen-bond donors (Lipinski definition) is 0. The van der Waals surface area contributed by atoms with Gasteiger partial charge in [-0.2, -0.15) is 0 Å². The summed E-state index contributed by atoms with van der Waals surface area (Å²) in [6.45, 7) is 0. The van der Waals surface area contributed by atoms with E-state index in [0.717, 1.165) is 32.3 Å². The van der Waals surface area contributed by atoms with Gasteiger partial charge < -0.3 is 0 Å². The zero-order valence-corrected chi connectivity index (χ0v) is 15.8. The first-order chi connectivity index (χ1) is 11.7. The Kier molecular flexibility index (Phi) is 3.89. The second-order valence-corrected chi connectivity index (χ2v) is 6.88. The molecule has 4 aromatic rings. The van der Waals surface area contributed by atoms with E-state index >= 15 is 0 Å². The van der Waals surface area contributed by atoms with Crippen molar-refractivity contribution in [3.05, 3.63) is 59.7 Å². The van der Waals surface area contributed by atoms with Gasteiger partial charge in [0.1, 0.15) is 0 Å². The van der Waals surface area contributed by atoms with Gasteiger partial charge in [-0.3, -0.25) is 9.59 Å². The summed E-state index contributed by atoms with van der Waals surface area (Å²) in [5.74, 6) is 0.120. The van der Waals surface area contributed by atoms with Crippen LogP contribution < -0.4 is 0 Å². The fraction of sp³-hybridized carbons (Fsp3) is 0.100. The molecule has 0 N–H and O–H groups in total. The van der Waals surface area contributed by atoms with Gasteiger partial charge in [-0.25, -0.2) is 0 Å². The van der Waals surface area contributed by atoms with Crippen LogP contribution in [0.4, 0.5) is 0 Å². The summed E-state index contributed by atoms with van der Waals surface area (Å²) in [6, 6.07) is 15.8. The van der Waals surface area contributed by atoms with Crippen LogP contribution in [-0.2, 0) is 0 Å². The lowest BCUT2D eigenvalue weighted by molar-refractivity contribution is 0.101. The van der Waals surface area contributed by atoms with E-state index in [9.17, 15) is 9.59 Å².